The second-order valence-corrected chi connectivity index (χ2v) is 7.17. The summed E-state index contributed by atoms with van der Waals surface area (Å²) in [7, 11) is 1.60. The summed E-state index contributed by atoms with van der Waals surface area (Å²) in [4.78, 5) is 8.72. The number of nitrogens with one attached hydrogen (secondary N) is 2. The minimum atomic E-state index is -4.41. The maximum atomic E-state index is 12.5. The van der Waals surface area contributed by atoms with Gasteiger partial charge in [-0.1, -0.05) is 11.6 Å². The minimum absolute atomic E-state index is 0.186. The molecule has 0 amide bonds. The monoisotopic (exact) mass is 382 g/mol. The van der Waals surface area contributed by atoms with Crippen LogP contribution in [0.3, 0.4) is 0 Å². The number of thiazole rings is 1. The Balaban J connectivity index is 1.77. The number of guanidine groups is 1. The molecular weight excluding hydrogens is 369 g/mol. The molecule has 10 heteroatoms. The maximum absolute atomic E-state index is 12.5. The van der Waals surface area contributed by atoms with Crippen LogP contribution in [0.4, 0.5) is 13.2 Å². The van der Waals surface area contributed by atoms with Crippen LogP contribution in [0, 0.1) is 0 Å². The molecule has 0 aromatic carbocycles. The lowest BCUT2D eigenvalue weighted by Crippen LogP contribution is -2.37. The van der Waals surface area contributed by atoms with E-state index in [4.69, 9.17) is 11.6 Å². The van der Waals surface area contributed by atoms with E-state index in [1.54, 1.807) is 7.05 Å². The molecule has 0 saturated heterocycles. The molecule has 0 radical (unpaired) electrons. The molecule has 0 saturated carbocycles. The third-order valence-corrected chi connectivity index (χ3v) is 4.91. The van der Waals surface area contributed by atoms with Crippen LogP contribution in [0.2, 0.25) is 4.34 Å². The van der Waals surface area contributed by atoms with Crippen molar-refractivity contribution in [3.8, 4) is 0 Å². The Bertz CT molecular complexity index is 666. The van der Waals surface area contributed by atoms with Gasteiger partial charge >= 0.3 is 6.18 Å². The van der Waals surface area contributed by atoms with E-state index in [0.29, 0.717) is 17.5 Å². The van der Waals surface area contributed by atoms with Crippen LogP contribution in [0.1, 0.15) is 15.6 Å². The molecule has 0 fully saturated rings. The van der Waals surface area contributed by atoms with Gasteiger partial charge in [-0.05, 0) is 18.6 Å². The first-order valence-corrected chi connectivity index (χ1v) is 8.66. The highest BCUT2D eigenvalue weighted by atomic mass is 35.5. The largest absolute Gasteiger partial charge is 0.434 e. The Hall–Kier alpha value is -1.32. The molecule has 2 aromatic rings. The number of thiophene rings is 1. The predicted molar refractivity (Wildman–Crippen MR) is 88.4 cm³/mol. The summed E-state index contributed by atoms with van der Waals surface area (Å²) < 4.78 is 38.2. The Morgan fingerprint density at radius 3 is 2.70 bits per heavy atom. The number of hydrogen-bond acceptors (Lipinski definition) is 4. The van der Waals surface area contributed by atoms with Crippen molar-refractivity contribution in [3.05, 3.63) is 37.4 Å². The normalized spacial score (nSPS) is 12.5. The fourth-order valence-electron chi connectivity index (χ4n) is 1.69. The van der Waals surface area contributed by atoms with Crippen molar-refractivity contribution in [3.63, 3.8) is 0 Å². The molecule has 23 heavy (non-hydrogen) atoms. The smallest absolute Gasteiger partial charge is 0.356 e. The maximum Gasteiger partial charge on any atom is 0.434 e. The molecule has 2 heterocycles. The Morgan fingerprint density at radius 1 is 1.35 bits per heavy atom. The van der Waals surface area contributed by atoms with Gasteiger partial charge in [0.2, 0.25) is 0 Å². The first-order valence-electron chi connectivity index (χ1n) is 6.59. The summed E-state index contributed by atoms with van der Waals surface area (Å²) in [5.74, 6) is 0.511. The number of halogens is 4. The highest BCUT2D eigenvalue weighted by Gasteiger charge is 2.33. The molecule has 126 valence electrons. The summed E-state index contributed by atoms with van der Waals surface area (Å²) in [6, 6.07) is 3.80. The summed E-state index contributed by atoms with van der Waals surface area (Å²) in [6.07, 6.45) is -3.62. The van der Waals surface area contributed by atoms with Gasteiger partial charge in [0, 0.05) is 23.8 Å². The second-order valence-electron chi connectivity index (χ2n) is 4.43. The third kappa shape index (κ3) is 5.67. The van der Waals surface area contributed by atoms with Gasteiger partial charge in [-0.25, -0.2) is 4.98 Å². The van der Waals surface area contributed by atoms with E-state index < -0.39 is 11.9 Å². The number of alkyl halides is 3. The minimum Gasteiger partial charge on any atom is -0.356 e. The standard InChI is InChI=1S/C13H14ClF3N4S2/c1-18-12(19-5-4-8-2-3-10(14)23-8)20-6-11-21-9(7-22-11)13(15,16)17/h2-3,7H,4-6H2,1H3,(H2,18,19,20). The van der Waals surface area contributed by atoms with Gasteiger partial charge in [0.1, 0.15) is 5.01 Å². The van der Waals surface area contributed by atoms with Crippen molar-refractivity contribution in [1.29, 1.82) is 0 Å². The van der Waals surface area contributed by atoms with Crippen molar-refractivity contribution in [1.82, 2.24) is 15.6 Å². The zero-order chi connectivity index (χ0) is 16.9. The van der Waals surface area contributed by atoms with Gasteiger partial charge in [-0.3, -0.25) is 4.99 Å². The van der Waals surface area contributed by atoms with Gasteiger partial charge in [-0.2, -0.15) is 13.2 Å². The van der Waals surface area contributed by atoms with E-state index in [1.165, 1.54) is 11.3 Å². The third-order valence-electron chi connectivity index (χ3n) is 2.77. The summed E-state index contributed by atoms with van der Waals surface area (Å²) in [6.45, 7) is 0.827. The van der Waals surface area contributed by atoms with Crippen LogP contribution in [-0.4, -0.2) is 24.5 Å². The second kappa shape index (κ2) is 7.98. The van der Waals surface area contributed by atoms with Gasteiger partial charge in [0.15, 0.2) is 11.7 Å². The number of aliphatic imine (C=N–C) groups is 1. The van der Waals surface area contributed by atoms with Crippen molar-refractivity contribution in [2.75, 3.05) is 13.6 Å². The molecule has 4 nitrogen and oxygen atoms in total. The molecule has 0 aliphatic rings. The molecule has 2 aromatic heterocycles. The van der Waals surface area contributed by atoms with E-state index in [0.717, 1.165) is 32.4 Å². The predicted octanol–water partition coefficient (Wildman–Crippen LogP) is 3.78. The van der Waals surface area contributed by atoms with Crippen LogP contribution in [0.15, 0.2) is 22.5 Å². The highest BCUT2D eigenvalue weighted by Crippen LogP contribution is 2.29. The van der Waals surface area contributed by atoms with E-state index in [1.807, 2.05) is 12.1 Å². The SMILES string of the molecule is CN=C(NCCc1ccc(Cl)s1)NCc1nc(C(F)(F)F)cs1. The molecular formula is C13H14ClF3N4S2. The zero-order valence-electron chi connectivity index (χ0n) is 12.1. The summed E-state index contributed by atoms with van der Waals surface area (Å²) in [5.41, 5.74) is -0.864. The Labute approximate surface area is 144 Å². The first kappa shape index (κ1) is 18.0. The van der Waals surface area contributed by atoms with Crippen LogP contribution < -0.4 is 10.6 Å². The van der Waals surface area contributed by atoms with Crippen molar-refractivity contribution < 1.29 is 13.2 Å². The van der Waals surface area contributed by atoms with E-state index in [9.17, 15) is 13.2 Å². The van der Waals surface area contributed by atoms with Crippen molar-refractivity contribution in [2.24, 2.45) is 4.99 Å². The highest BCUT2D eigenvalue weighted by molar-refractivity contribution is 7.16. The van der Waals surface area contributed by atoms with E-state index >= 15 is 0 Å². The van der Waals surface area contributed by atoms with Gasteiger partial charge in [0.05, 0.1) is 10.9 Å². The van der Waals surface area contributed by atoms with E-state index in [2.05, 4.69) is 20.6 Å². The molecule has 2 rings (SSSR count). The summed E-state index contributed by atoms with van der Waals surface area (Å²) in [5, 5.41) is 7.39. The number of nitrogens with zero attached hydrogens (tertiary/aromatic N) is 2. The average Bonchev–Trinajstić information content (AvgIpc) is 3.11. The van der Waals surface area contributed by atoms with E-state index in [-0.39, 0.29) is 6.54 Å². The molecule has 0 bridgehead atoms. The van der Waals surface area contributed by atoms with Gasteiger partial charge in [0.25, 0.3) is 0 Å². The lowest BCUT2D eigenvalue weighted by Gasteiger charge is -2.10. The fourth-order valence-corrected chi connectivity index (χ4v) is 3.52. The first-order chi connectivity index (χ1) is 10.9. The van der Waals surface area contributed by atoms with Crippen LogP contribution in [0.25, 0.3) is 0 Å². The Kier molecular flexibility index (Phi) is 6.25. The Morgan fingerprint density at radius 2 is 2.13 bits per heavy atom. The number of aromatic nitrogens is 1. The quantitative estimate of drug-likeness (QED) is 0.611. The zero-order valence-corrected chi connectivity index (χ0v) is 14.5. The lowest BCUT2D eigenvalue weighted by atomic mass is 10.3. The fraction of sp³-hybridized carbons (Fsp3) is 0.385. The van der Waals surface area contributed by atoms with Crippen molar-refractivity contribution in [2.45, 2.75) is 19.1 Å². The lowest BCUT2D eigenvalue weighted by molar-refractivity contribution is -0.140. The molecule has 0 aliphatic heterocycles. The van der Waals surface area contributed by atoms with Gasteiger partial charge in [-0.15, -0.1) is 22.7 Å². The average molecular weight is 383 g/mol. The molecule has 2 N–H and O–H groups in total. The molecule has 0 aliphatic carbocycles. The van der Waals surface area contributed by atoms with Crippen LogP contribution in [-0.2, 0) is 19.1 Å². The topological polar surface area (TPSA) is 49.3 Å². The summed E-state index contributed by atoms with van der Waals surface area (Å²) >= 11 is 8.33. The molecule has 0 atom stereocenters. The van der Waals surface area contributed by atoms with Crippen LogP contribution in [0.5, 0.6) is 0 Å². The number of rotatable bonds is 5. The molecule has 0 unspecified atom stereocenters. The van der Waals surface area contributed by atoms with Crippen LogP contribution >= 0.6 is 34.3 Å². The van der Waals surface area contributed by atoms with Crippen molar-refractivity contribution >= 4 is 40.2 Å². The molecule has 0 spiro atoms. The van der Waals surface area contributed by atoms with Gasteiger partial charge < -0.3 is 10.6 Å². The number of hydrogen-bond donors (Lipinski definition) is 2.